The second-order valence-corrected chi connectivity index (χ2v) is 9.43. The lowest BCUT2D eigenvalue weighted by molar-refractivity contribution is 0.0115. The van der Waals surface area contributed by atoms with Gasteiger partial charge in [0.05, 0.1) is 25.8 Å². The van der Waals surface area contributed by atoms with Crippen molar-refractivity contribution in [2.45, 2.75) is 18.9 Å². The zero-order chi connectivity index (χ0) is 25.4. The maximum atomic E-state index is 14.7. The Morgan fingerprint density at radius 3 is 2.54 bits per heavy atom. The summed E-state index contributed by atoms with van der Waals surface area (Å²) in [7, 11) is 1.43. The predicted molar refractivity (Wildman–Crippen MR) is 139 cm³/mol. The average molecular weight is 505 g/mol. The smallest absolute Gasteiger partial charge is 0.273 e. The van der Waals surface area contributed by atoms with Crippen molar-refractivity contribution in [3.63, 3.8) is 0 Å². The molecule has 2 aliphatic heterocycles. The molecule has 0 bridgehead atoms. The number of halogens is 1. The molecule has 2 aromatic heterocycles. The summed E-state index contributed by atoms with van der Waals surface area (Å²) in [6.07, 6.45) is 2.29. The average Bonchev–Trinajstić information content (AvgIpc) is 3.36. The molecule has 9 nitrogen and oxygen atoms in total. The summed E-state index contributed by atoms with van der Waals surface area (Å²) >= 11 is 0. The van der Waals surface area contributed by atoms with Crippen LogP contribution in [0.5, 0.6) is 5.75 Å². The molecule has 192 valence electrons. The van der Waals surface area contributed by atoms with E-state index in [1.54, 1.807) is 6.07 Å². The Bertz CT molecular complexity index is 1450. The first kappa shape index (κ1) is 23.6. The van der Waals surface area contributed by atoms with Crippen molar-refractivity contribution < 1.29 is 13.9 Å². The molecule has 0 spiro atoms. The fourth-order valence-corrected chi connectivity index (χ4v) is 5.37. The Morgan fingerprint density at radius 2 is 1.81 bits per heavy atom. The standard InChI is InChI=1S/C27H29FN6O3/c1-36-23-4-2-3-21(28)27(23)34-24(35)17-22-26(31-34)25(30-29-22)18-5-7-19(8-6-18)32-11-9-20(10-12-32)33-13-15-37-16-14-33/h2-8,17,20,29H,9-16H2,1H3. The van der Waals surface area contributed by atoms with Crippen molar-refractivity contribution in [2.24, 2.45) is 0 Å². The van der Waals surface area contributed by atoms with E-state index in [1.165, 1.54) is 31.0 Å². The van der Waals surface area contributed by atoms with Gasteiger partial charge in [-0.3, -0.25) is 14.8 Å². The van der Waals surface area contributed by atoms with Crippen molar-refractivity contribution in [1.29, 1.82) is 0 Å². The summed E-state index contributed by atoms with van der Waals surface area (Å²) in [5, 5.41) is 11.8. The SMILES string of the molecule is COc1cccc(F)c1-n1nc2c(-c3ccc(N4CCC(N5CCOCC5)CC4)cc3)n[nH]c2cc1=O. The number of benzene rings is 2. The van der Waals surface area contributed by atoms with Gasteiger partial charge in [-0.2, -0.15) is 14.9 Å². The zero-order valence-electron chi connectivity index (χ0n) is 20.7. The number of ether oxygens (including phenoxy) is 2. The van der Waals surface area contributed by atoms with E-state index in [4.69, 9.17) is 9.47 Å². The molecule has 6 rings (SSSR count). The number of para-hydroxylation sites is 1. The number of anilines is 1. The lowest BCUT2D eigenvalue weighted by Crippen LogP contribution is -2.49. The molecular formula is C27H29FN6O3. The number of rotatable bonds is 5. The quantitative estimate of drug-likeness (QED) is 0.447. The summed E-state index contributed by atoms with van der Waals surface area (Å²) in [5.74, 6) is -0.374. The highest BCUT2D eigenvalue weighted by Crippen LogP contribution is 2.30. The predicted octanol–water partition coefficient (Wildman–Crippen LogP) is 3.22. The van der Waals surface area contributed by atoms with Crippen LogP contribution < -0.4 is 15.2 Å². The Morgan fingerprint density at radius 1 is 1.05 bits per heavy atom. The number of hydrogen-bond donors (Lipinski definition) is 1. The van der Waals surface area contributed by atoms with Gasteiger partial charge in [0.25, 0.3) is 5.56 Å². The van der Waals surface area contributed by atoms with Gasteiger partial charge in [0.1, 0.15) is 22.6 Å². The van der Waals surface area contributed by atoms with Crippen LogP contribution in [0.15, 0.2) is 53.3 Å². The molecule has 10 heteroatoms. The lowest BCUT2D eigenvalue weighted by atomic mass is 10.0. The van der Waals surface area contributed by atoms with Crippen LogP contribution in [0, 0.1) is 5.82 Å². The van der Waals surface area contributed by atoms with Gasteiger partial charge in [-0.25, -0.2) is 4.39 Å². The van der Waals surface area contributed by atoms with Gasteiger partial charge < -0.3 is 14.4 Å². The molecule has 0 aliphatic carbocycles. The van der Waals surface area contributed by atoms with E-state index in [1.807, 2.05) is 12.1 Å². The molecule has 2 saturated heterocycles. The van der Waals surface area contributed by atoms with Gasteiger partial charge in [0.2, 0.25) is 0 Å². The number of hydrogen-bond acceptors (Lipinski definition) is 7. The van der Waals surface area contributed by atoms with Crippen LogP contribution in [0.3, 0.4) is 0 Å². The van der Waals surface area contributed by atoms with Crippen LogP contribution in [0.4, 0.5) is 10.1 Å². The molecule has 2 fully saturated rings. The fourth-order valence-electron chi connectivity index (χ4n) is 5.37. The summed E-state index contributed by atoms with van der Waals surface area (Å²) in [6.45, 7) is 5.77. The summed E-state index contributed by atoms with van der Waals surface area (Å²) in [4.78, 5) is 17.7. The highest BCUT2D eigenvalue weighted by atomic mass is 19.1. The van der Waals surface area contributed by atoms with Gasteiger partial charge in [0.15, 0.2) is 5.82 Å². The van der Waals surface area contributed by atoms with E-state index in [2.05, 4.69) is 37.2 Å². The minimum atomic E-state index is -0.597. The summed E-state index contributed by atoms with van der Waals surface area (Å²) < 4.78 is 26.5. The van der Waals surface area contributed by atoms with Gasteiger partial charge in [0, 0.05) is 49.5 Å². The van der Waals surface area contributed by atoms with Crippen molar-refractivity contribution in [3.8, 4) is 22.7 Å². The molecule has 0 radical (unpaired) electrons. The van der Waals surface area contributed by atoms with E-state index in [0.717, 1.165) is 62.5 Å². The molecule has 37 heavy (non-hydrogen) atoms. The van der Waals surface area contributed by atoms with E-state index in [-0.39, 0.29) is 11.4 Å². The molecule has 0 saturated carbocycles. The van der Waals surface area contributed by atoms with Crippen molar-refractivity contribution >= 4 is 16.7 Å². The van der Waals surface area contributed by atoms with Crippen LogP contribution in [-0.2, 0) is 4.74 Å². The van der Waals surface area contributed by atoms with Crippen LogP contribution in [-0.4, -0.2) is 77.4 Å². The third-order valence-corrected chi connectivity index (χ3v) is 7.36. The molecule has 0 amide bonds. The Balaban J connectivity index is 1.25. The minimum absolute atomic E-state index is 0.0279. The first-order valence-electron chi connectivity index (χ1n) is 12.6. The number of nitrogens with zero attached hydrogens (tertiary/aromatic N) is 5. The number of nitrogens with one attached hydrogen (secondary N) is 1. The number of morpholine rings is 1. The second-order valence-electron chi connectivity index (χ2n) is 9.43. The Hall–Kier alpha value is -3.76. The number of piperidine rings is 1. The highest BCUT2D eigenvalue weighted by Gasteiger charge is 2.26. The van der Waals surface area contributed by atoms with Crippen molar-refractivity contribution in [3.05, 3.63) is 64.7 Å². The van der Waals surface area contributed by atoms with Crippen molar-refractivity contribution in [2.75, 3.05) is 51.4 Å². The Labute approximate surface area is 213 Å². The number of H-pyrrole nitrogens is 1. The minimum Gasteiger partial charge on any atom is -0.494 e. The van der Waals surface area contributed by atoms with E-state index >= 15 is 0 Å². The van der Waals surface area contributed by atoms with Crippen LogP contribution in [0.2, 0.25) is 0 Å². The second kappa shape index (κ2) is 9.95. The zero-order valence-corrected chi connectivity index (χ0v) is 20.7. The molecule has 2 aromatic carbocycles. The molecular weight excluding hydrogens is 475 g/mol. The van der Waals surface area contributed by atoms with Gasteiger partial charge in [-0.05, 0) is 37.1 Å². The topological polar surface area (TPSA) is 88.5 Å². The third-order valence-electron chi connectivity index (χ3n) is 7.36. The fraction of sp³-hybridized carbons (Fsp3) is 0.370. The van der Waals surface area contributed by atoms with Gasteiger partial charge >= 0.3 is 0 Å². The monoisotopic (exact) mass is 504 g/mol. The molecule has 2 aliphatic rings. The molecule has 4 aromatic rings. The summed E-state index contributed by atoms with van der Waals surface area (Å²) in [5.41, 5.74) is 3.07. The van der Waals surface area contributed by atoms with Crippen molar-refractivity contribution in [1.82, 2.24) is 24.9 Å². The third kappa shape index (κ3) is 4.47. The Kier molecular flexibility index (Phi) is 6.35. The first-order valence-corrected chi connectivity index (χ1v) is 12.6. The maximum Gasteiger partial charge on any atom is 0.273 e. The normalized spacial score (nSPS) is 17.4. The van der Waals surface area contributed by atoms with Crippen LogP contribution in [0.25, 0.3) is 28.0 Å². The molecule has 0 unspecified atom stereocenters. The molecule has 1 N–H and O–H groups in total. The first-order chi connectivity index (χ1) is 18.1. The van der Waals surface area contributed by atoms with Crippen LogP contribution >= 0.6 is 0 Å². The molecule has 0 atom stereocenters. The van der Waals surface area contributed by atoms with E-state index in [0.29, 0.717) is 22.8 Å². The van der Waals surface area contributed by atoms with Gasteiger partial charge in [-0.1, -0.05) is 18.2 Å². The molecule has 4 heterocycles. The number of methoxy groups -OCH3 is 1. The largest absolute Gasteiger partial charge is 0.494 e. The van der Waals surface area contributed by atoms with Gasteiger partial charge in [-0.15, -0.1) is 0 Å². The number of aromatic amines is 1. The number of aromatic nitrogens is 4. The van der Waals surface area contributed by atoms with E-state index < -0.39 is 11.4 Å². The highest BCUT2D eigenvalue weighted by molar-refractivity contribution is 5.89. The maximum absolute atomic E-state index is 14.7. The van der Waals surface area contributed by atoms with Crippen LogP contribution in [0.1, 0.15) is 12.8 Å². The lowest BCUT2D eigenvalue weighted by Gasteiger charge is -2.40. The number of fused-ring (bicyclic) bond motifs is 1. The van der Waals surface area contributed by atoms with E-state index in [9.17, 15) is 9.18 Å². The summed E-state index contributed by atoms with van der Waals surface area (Å²) in [6, 6.07) is 14.6.